The number of hydrazine groups is 1. The Hall–Kier alpha value is -2.08. The summed E-state index contributed by atoms with van der Waals surface area (Å²) in [6, 6.07) is 6.31. The van der Waals surface area contributed by atoms with Crippen LogP contribution in [0.2, 0.25) is 0 Å². The third kappa shape index (κ3) is 4.42. The van der Waals surface area contributed by atoms with Crippen LogP contribution in [0.3, 0.4) is 0 Å². The number of rotatable bonds is 6. The third-order valence-corrected chi connectivity index (χ3v) is 2.26. The van der Waals surface area contributed by atoms with E-state index in [1.807, 2.05) is 6.92 Å². The molecule has 1 aromatic rings. The number of ether oxygens (including phenoxy) is 1. The van der Waals surface area contributed by atoms with Gasteiger partial charge in [0.2, 0.25) is 6.41 Å². The molecule has 18 heavy (non-hydrogen) atoms. The van der Waals surface area contributed by atoms with Gasteiger partial charge in [0, 0.05) is 6.54 Å². The molecule has 6 nitrogen and oxygen atoms in total. The molecule has 3 N–H and O–H groups in total. The molecule has 2 amide bonds. The second-order valence-electron chi connectivity index (χ2n) is 3.68. The first kappa shape index (κ1) is 14.0. The molecule has 0 aromatic heterocycles. The van der Waals surface area contributed by atoms with Crippen molar-refractivity contribution in [3.63, 3.8) is 0 Å². The van der Waals surface area contributed by atoms with Gasteiger partial charge < -0.3 is 10.1 Å². The van der Waals surface area contributed by atoms with E-state index in [1.165, 1.54) is 0 Å². The first-order valence-corrected chi connectivity index (χ1v) is 5.72. The second kappa shape index (κ2) is 7.29. The second-order valence-corrected chi connectivity index (χ2v) is 3.68. The van der Waals surface area contributed by atoms with E-state index in [2.05, 4.69) is 5.32 Å². The van der Waals surface area contributed by atoms with Crippen molar-refractivity contribution in [2.24, 2.45) is 5.84 Å². The first-order valence-electron chi connectivity index (χ1n) is 5.72. The topological polar surface area (TPSA) is 84.7 Å². The van der Waals surface area contributed by atoms with E-state index in [0.29, 0.717) is 24.4 Å². The summed E-state index contributed by atoms with van der Waals surface area (Å²) in [6.45, 7) is 2.63. The van der Waals surface area contributed by atoms with E-state index >= 15 is 0 Å². The number of nitrogens with one attached hydrogen (secondary N) is 1. The summed E-state index contributed by atoms with van der Waals surface area (Å²) in [5.74, 6) is 5.77. The maximum Gasteiger partial charge on any atom is 0.412 e. The molecule has 0 aliphatic heterocycles. The third-order valence-electron chi connectivity index (χ3n) is 2.26. The van der Waals surface area contributed by atoms with Crippen molar-refractivity contribution < 1.29 is 14.3 Å². The molecule has 1 rings (SSSR count). The van der Waals surface area contributed by atoms with Crippen LogP contribution in [0.25, 0.3) is 0 Å². The van der Waals surface area contributed by atoms with Crippen LogP contribution in [0.4, 0.5) is 10.5 Å². The number of nitrogens with zero attached hydrogens (tertiary/aromatic N) is 1. The highest BCUT2D eigenvalue weighted by molar-refractivity contribution is 5.74. The number of amides is 2. The number of benzene rings is 1. The molecule has 1 aromatic carbocycles. The lowest BCUT2D eigenvalue weighted by Gasteiger charge is -2.10. The fourth-order valence-electron chi connectivity index (χ4n) is 1.26. The van der Waals surface area contributed by atoms with Gasteiger partial charge in [-0.25, -0.2) is 10.6 Å². The average Bonchev–Trinajstić information content (AvgIpc) is 2.39. The Bertz CT molecular complexity index is 392. The smallest absolute Gasteiger partial charge is 0.410 e. The number of hydrogen-bond acceptors (Lipinski definition) is 4. The van der Waals surface area contributed by atoms with Crippen LogP contribution in [-0.2, 0) is 4.79 Å². The number of nitrogens with two attached hydrogens (primary N) is 1. The molecule has 0 heterocycles. The molecule has 0 bridgehead atoms. The summed E-state index contributed by atoms with van der Waals surface area (Å²) >= 11 is 0. The van der Waals surface area contributed by atoms with E-state index in [0.717, 1.165) is 17.9 Å². The number of unbranched alkanes of at least 4 members (excludes halogenated alkanes) is 1. The van der Waals surface area contributed by atoms with Crippen molar-refractivity contribution in [3.8, 4) is 5.75 Å². The molecule has 0 atom stereocenters. The SMILES string of the molecule is CCCCNC(=O)Oc1ccc(N(N)C=O)cc1. The van der Waals surface area contributed by atoms with Gasteiger partial charge in [-0.1, -0.05) is 13.3 Å². The Morgan fingerprint density at radius 3 is 2.67 bits per heavy atom. The van der Waals surface area contributed by atoms with Gasteiger partial charge >= 0.3 is 6.09 Å². The van der Waals surface area contributed by atoms with Crippen molar-refractivity contribution in [2.75, 3.05) is 11.6 Å². The minimum atomic E-state index is -0.490. The van der Waals surface area contributed by atoms with Gasteiger partial charge in [-0.05, 0) is 30.7 Å². The molecule has 0 aliphatic carbocycles. The lowest BCUT2D eigenvalue weighted by molar-refractivity contribution is -0.107. The number of carbonyl (C=O) groups is 2. The largest absolute Gasteiger partial charge is 0.412 e. The van der Waals surface area contributed by atoms with E-state index in [-0.39, 0.29) is 0 Å². The number of hydrogen-bond donors (Lipinski definition) is 2. The zero-order chi connectivity index (χ0) is 13.4. The van der Waals surface area contributed by atoms with E-state index in [9.17, 15) is 9.59 Å². The van der Waals surface area contributed by atoms with Gasteiger partial charge in [-0.3, -0.25) is 9.80 Å². The number of anilines is 1. The molecule has 0 spiro atoms. The van der Waals surface area contributed by atoms with Crippen molar-refractivity contribution in [3.05, 3.63) is 24.3 Å². The van der Waals surface area contributed by atoms with Gasteiger partial charge in [0.1, 0.15) is 5.75 Å². The molecule has 0 fully saturated rings. The van der Waals surface area contributed by atoms with E-state index in [1.54, 1.807) is 24.3 Å². The van der Waals surface area contributed by atoms with Crippen molar-refractivity contribution in [1.82, 2.24) is 5.32 Å². The maximum absolute atomic E-state index is 11.3. The van der Waals surface area contributed by atoms with Gasteiger partial charge in [-0.2, -0.15) is 0 Å². The summed E-state index contributed by atoms with van der Waals surface area (Å²) in [5.41, 5.74) is 0.517. The zero-order valence-electron chi connectivity index (χ0n) is 10.3. The van der Waals surface area contributed by atoms with Gasteiger partial charge in [0.15, 0.2) is 0 Å². The van der Waals surface area contributed by atoms with Crippen molar-refractivity contribution >= 4 is 18.2 Å². The van der Waals surface area contributed by atoms with Crippen LogP contribution in [0.1, 0.15) is 19.8 Å². The lowest BCUT2D eigenvalue weighted by Crippen LogP contribution is -2.29. The molecular weight excluding hydrogens is 234 g/mol. The Kier molecular flexibility index (Phi) is 5.66. The highest BCUT2D eigenvalue weighted by atomic mass is 16.6. The first-order chi connectivity index (χ1) is 8.67. The van der Waals surface area contributed by atoms with Gasteiger partial charge in [-0.15, -0.1) is 0 Å². The Morgan fingerprint density at radius 2 is 2.11 bits per heavy atom. The zero-order valence-corrected chi connectivity index (χ0v) is 10.3. The predicted octanol–water partition coefficient (Wildman–Crippen LogP) is 1.41. The van der Waals surface area contributed by atoms with Crippen LogP contribution < -0.4 is 20.9 Å². The molecule has 98 valence electrons. The summed E-state index contributed by atoms with van der Waals surface area (Å²) in [7, 11) is 0. The van der Waals surface area contributed by atoms with Crippen LogP contribution in [0.5, 0.6) is 5.75 Å². The Balaban J connectivity index is 2.48. The van der Waals surface area contributed by atoms with Gasteiger partial charge in [0.05, 0.1) is 5.69 Å². The predicted molar refractivity (Wildman–Crippen MR) is 68.1 cm³/mol. The average molecular weight is 251 g/mol. The summed E-state index contributed by atoms with van der Waals surface area (Å²) in [4.78, 5) is 21.8. The normalized spacial score (nSPS) is 9.67. The molecule has 0 saturated carbocycles. The summed E-state index contributed by atoms with van der Waals surface area (Å²) in [6.07, 6.45) is 1.92. The quantitative estimate of drug-likeness (QED) is 0.263. The molecule has 6 heteroatoms. The van der Waals surface area contributed by atoms with Crippen molar-refractivity contribution in [1.29, 1.82) is 0 Å². The van der Waals surface area contributed by atoms with E-state index in [4.69, 9.17) is 10.6 Å². The maximum atomic E-state index is 11.3. The Labute approximate surface area is 106 Å². The van der Waals surface area contributed by atoms with Crippen molar-refractivity contribution in [2.45, 2.75) is 19.8 Å². The minimum absolute atomic E-state index is 0.395. The number of carbonyl (C=O) groups excluding carboxylic acids is 2. The molecule has 0 saturated heterocycles. The molecule has 0 aliphatic rings. The van der Waals surface area contributed by atoms with Crippen LogP contribution in [-0.4, -0.2) is 19.0 Å². The summed E-state index contributed by atoms with van der Waals surface area (Å²) < 4.78 is 5.03. The minimum Gasteiger partial charge on any atom is -0.410 e. The fourth-order valence-corrected chi connectivity index (χ4v) is 1.26. The molecular formula is C12H17N3O3. The lowest BCUT2D eigenvalue weighted by atomic mass is 10.3. The van der Waals surface area contributed by atoms with Crippen LogP contribution >= 0.6 is 0 Å². The fraction of sp³-hybridized carbons (Fsp3) is 0.333. The highest BCUT2D eigenvalue weighted by Gasteiger charge is 2.04. The monoisotopic (exact) mass is 251 g/mol. The molecule has 0 unspecified atom stereocenters. The van der Waals surface area contributed by atoms with Gasteiger partial charge in [0.25, 0.3) is 0 Å². The molecule has 0 radical (unpaired) electrons. The van der Waals surface area contributed by atoms with E-state index < -0.39 is 6.09 Å². The van der Waals surface area contributed by atoms with Crippen LogP contribution in [0.15, 0.2) is 24.3 Å². The van der Waals surface area contributed by atoms with Crippen LogP contribution in [0, 0.1) is 0 Å². The summed E-state index contributed by atoms with van der Waals surface area (Å²) in [5, 5.41) is 3.56. The Morgan fingerprint density at radius 1 is 1.44 bits per heavy atom. The highest BCUT2D eigenvalue weighted by Crippen LogP contribution is 2.16. The standard InChI is InChI=1S/C12H17N3O3/c1-2-3-8-14-12(17)18-11-6-4-10(5-7-11)15(13)9-16/h4-7,9H,2-3,8,13H2,1H3,(H,14,17).